The van der Waals surface area contributed by atoms with Crippen LogP contribution in [-0.2, 0) is 0 Å². The highest BCUT2D eigenvalue weighted by Crippen LogP contribution is 2.15. The summed E-state index contributed by atoms with van der Waals surface area (Å²) in [5.74, 6) is 0.909. The lowest BCUT2D eigenvalue weighted by atomic mass is 9.96. The van der Waals surface area contributed by atoms with Crippen LogP contribution < -0.4 is 5.32 Å². The van der Waals surface area contributed by atoms with E-state index in [1.54, 1.807) is 0 Å². The minimum absolute atomic E-state index is 0.704. The first kappa shape index (κ1) is 15.4. The fourth-order valence-electron chi connectivity index (χ4n) is 1.93. The molecule has 2 heteroatoms. The van der Waals surface area contributed by atoms with E-state index in [0.717, 1.165) is 31.8 Å². The third-order valence-corrected chi connectivity index (χ3v) is 3.16. The third-order valence-electron chi connectivity index (χ3n) is 3.16. The molecule has 2 nitrogen and oxygen atoms in total. The van der Waals surface area contributed by atoms with Gasteiger partial charge in [-0.05, 0) is 38.3 Å². The summed E-state index contributed by atoms with van der Waals surface area (Å²) in [5.41, 5.74) is 0. The van der Waals surface area contributed by atoms with Crippen LogP contribution in [0.1, 0.15) is 65.2 Å². The van der Waals surface area contributed by atoms with Crippen molar-refractivity contribution in [3.05, 3.63) is 0 Å². The van der Waals surface area contributed by atoms with Gasteiger partial charge in [0.25, 0.3) is 0 Å². The van der Waals surface area contributed by atoms with E-state index in [-0.39, 0.29) is 0 Å². The van der Waals surface area contributed by atoms with Gasteiger partial charge in [-0.3, -0.25) is 0 Å². The average molecular weight is 224 g/mol. The van der Waals surface area contributed by atoms with Gasteiger partial charge in [0.2, 0.25) is 0 Å². The predicted molar refractivity (Wildman–Crippen MR) is 70.3 cm³/mol. The summed E-state index contributed by atoms with van der Waals surface area (Å²) in [7, 11) is 0. The predicted octanol–water partition coefficient (Wildman–Crippen LogP) is 3.88. The van der Waals surface area contributed by atoms with Gasteiger partial charge in [0.15, 0.2) is 0 Å². The molecule has 0 bridgehead atoms. The van der Waals surface area contributed by atoms with E-state index in [1.165, 1.54) is 32.1 Å². The smallest absolute Gasteiger partial charge is 0.0621 e. The molecule has 0 aromatic heterocycles. The molecule has 16 heavy (non-hydrogen) atoms. The van der Waals surface area contributed by atoms with Crippen molar-refractivity contribution in [3.8, 4) is 6.07 Å². The van der Waals surface area contributed by atoms with Gasteiger partial charge in [0, 0.05) is 6.42 Å². The molecule has 0 aromatic rings. The van der Waals surface area contributed by atoms with Crippen molar-refractivity contribution in [2.24, 2.45) is 5.92 Å². The summed E-state index contributed by atoms with van der Waals surface area (Å²) >= 11 is 0. The summed E-state index contributed by atoms with van der Waals surface area (Å²) in [6.07, 6.45) is 9.60. The molecule has 1 N–H and O–H groups in total. The maximum Gasteiger partial charge on any atom is 0.0621 e. The number of unbranched alkanes of at least 4 members (excludes halogenated alkanes) is 3. The van der Waals surface area contributed by atoms with E-state index in [0.29, 0.717) is 6.42 Å². The highest BCUT2D eigenvalue weighted by atomic mass is 14.8. The lowest BCUT2D eigenvalue weighted by Gasteiger charge is -2.14. The number of nitrogens with one attached hydrogen (secondary N) is 1. The standard InChI is InChI=1S/C14H28N2/c1-3-5-9-14(4-2)10-13-16-12-8-6-7-11-15/h14,16H,3-10,12-13H2,1-2H3. The summed E-state index contributed by atoms with van der Waals surface area (Å²) in [5, 5.41) is 11.9. The van der Waals surface area contributed by atoms with Crippen LogP contribution in [0.15, 0.2) is 0 Å². The Morgan fingerprint density at radius 1 is 1.06 bits per heavy atom. The second-order valence-corrected chi connectivity index (χ2v) is 4.57. The molecule has 0 aliphatic carbocycles. The van der Waals surface area contributed by atoms with Crippen LogP contribution in [0.5, 0.6) is 0 Å². The lowest BCUT2D eigenvalue weighted by molar-refractivity contribution is 0.408. The Bertz CT molecular complexity index is 172. The molecule has 0 saturated heterocycles. The Balaban J connectivity index is 3.24. The Hall–Kier alpha value is -0.550. The van der Waals surface area contributed by atoms with E-state index in [2.05, 4.69) is 25.2 Å². The number of hydrogen-bond acceptors (Lipinski definition) is 2. The van der Waals surface area contributed by atoms with E-state index in [9.17, 15) is 0 Å². The van der Waals surface area contributed by atoms with Crippen molar-refractivity contribution >= 4 is 0 Å². The van der Waals surface area contributed by atoms with Crippen LogP contribution in [0.4, 0.5) is 0 Å². The zero-order valence-corrected chi connectivity index (χ0v) is 11.1. The molecule has 0 amide bonds. The summed E-state index contributed by atoms with van der Waals surface area (Å²) in [4.78, 5) is 0. The van der Waals surface area contributed by atoms with Crippen LogP contribution in [-0.4, -0.2) is 13.1 Å². The monoisotopic (exact) mass is 224 g/mol. The molecule has 94 valence electrons. The van der Waals surface area contributed by atoms with Gasteiger partial charge in [-0.2, -0.15) is 5.26 Å². The van der Waals surface area contributed by atoms with Crippen molar-refractivity contribution in [3.63, 3.8) is 0 Å². The van der Waals surface area contributed by atoms with Gasteiger partial charge in [0.1, 0.15) is 0 Å². The van der Waals surface area contributed by atoms with Crippen LogP contribution in [0.2, 0.25) is 0 Å². The highest BCUT2D eigenvalue weighted by Gasteiger charge is 2.04. The minimum atomic E-state index is 0.704. The van der Waals surface area contributed by atoms with Crippen molar-refractivity contribution in [2.75, 3.05) is 13.1 Å². The maximum atomic E-state index is 8.39. The second kappa shape index (κ2) is 12.5. The average Bonchev–Trinajstić information content (AvgIpc) is 2.32. The highest BCUT2D eigenvalue weighted by molar-refractivity contribution is 4.68. The Morgan fingerprint density at radius 2 is 1.88 bits per heavy atom. The first-order chi connectivity index (χ1) is 7.85. The number of nitrogens with zero attached hydrogens (tertiary/aromatic N) is 1. The lowest BCUT2D eigenvalue weighted by Crippen LogP contribution is -2.19. The molecule has 0 spiro atoms. The molecule has 0 aliphatic rings. The largest absolute Gasteiger partial charge is 0.317 e. The zero-order chi connectivity index (χ0) is 12.1. The SMILES string of the molecule is CCCCC(CC)CCNCCCCC#N. The molecule has 0 saturated carbocycles. The van der Waals surface area contributed by atoms with E-state index in [1.807, 2.05) is 0 Å². The number of hydrogen-bond donors (Lipinski definition) is 1. The Labute approximate surface area is 101 Å². The van der Waals surface area contributed by atoms with Crippen LogP contribution in [0.3, 0.4) is 0 Å². The quantitative estimate of drug-likeness (QED) is 0.541. The van der Waals surface area contributed by atoms with Crippen molar-refractivity contribution in [1.29, 1.82) is 5.26 Å². The molecular formula is C14H28N2. The molecule has 0 heterocycles. The number of nitriles is 1. The first-order valence-electron chi connectivity index (χ1n) is 6.92. The Kier molecular flexibility index (Phi) is 12.1. The van der Waals surface area contributed by atoms with Crippen LogP contribution in [0.25, 0.3) is 0 Å². The van der Waals surface area contributed by atoms with Crippen molar-refractivity contribution in [2.45, 2.75) is 65.2 Å². The van der Waals surface area contributed by atoms with Crippen molar-refractivity contribution in [1.82, 2.24) is 5.32 Å². The first-order valence-corrected chi connectivity index (χ1v) is 6.92. The van der Waals surface area contributed by atoms with Crippen molar-refractivity contribution < 1.29 is 0 Å². The molecule has 0 rings (SSSR count). The molecular weight excluding hydrogens is 196 g/mol. The second-order valence-electron chi connectivity index (χ2n) is 4.57. The fourth-order valence-corrected chi connectivity index (χ4v) is 1.93. The minimum Gasteiger partial charge on any atom is -0.317 e. The van der Waals surface area contributed by atoms with Gasteiger partial charge in [-0.15, -0.1) is 0 Å². The third kappa shape index (κ3) is 9.98. The fraction of sp³-hybridized carbons (Fsp3) is 0.929. The van der Waals surface area contributed by atoms with Gasteiger partial charge < -0.3 is 5.32 Å². The van der Waals surface area contributed by atoms with Gasteiger partial charge in [0.05, 0.1) is 6.07 Å². The van der Waals surface area contributed by atoms with E-state index in [4.69, 9.17) is 5.26 Å². The Morgan fingerprint density at radius 3 is 2.50 bits per heavy atom. The van der Waals surface area contributed by atoms with Crippen LogP contribution in [0, 0.1) is 17.2 Å². The summed E-state index contributed by atoms with van der Waals surface area (Å²) in [6, 6.07) is 2.18. The molecule has 1 unspecified atom stereocenters. The molecule has 1 atom stereocenters. The molecule has 0 radical (unpaired) electrons. The van der Waals surface area contributed by atoms with E-state index < -0.39 is 0 Å². The van der Waals surface area contributed by atoms with E-state index >= 15 is 0 Å². The molecule has 0 fully saturated rings. The van der Waals surface area contributed by atoms with Crippen LogP contribution >= 0.6 is 0 Å². The molecule has 0 aromatic carbocycles. The normalized spacial score (nSPS) is 12.3. The topological polar surface area (TPSA) is 35.8 Å². The van der Waals surface area contributed by atoms with Gasteiger partial charge in [-0.1, -0.05) is 39.5 Å². The number of rotatable bonds is 11. The molecule has 0 aliphatic heterocycles. The maximum absolute atomic E-state index is 8.39. The summed E-state index contributed by atoms with van der Waals surface area (Å²) in [6.45, 7) is 6.79. The summed E-state index contributed by atoms with van der Waals surface area (Å²) < 4.78 is 0. The van der Waals surface area contributed by atoms with Gasteiger partial charge in [-0.25, -0.2) is 0 Å². The van der Waals surface area contributed by atoms with Gasteiger partial charge >= 0.3 is 0 Å². The zero-order valence-electron chi connectivity index (χ0n) is 11.1.